The van der Waals surface area contributed by atoms with Crippen LogP contribution in [0.3, 0.4) is 0 Å². The summed E-state index contributed by atoms with van der Waals surface area (Å²) in [7, 11) is 0. The smallest absolute Gasteiger partial charge is 0.251 e. The van der Waals surface area contributed by atoms with Gasteiger partial charge in [-0.15, -0.1) is 0 Å². The lowest BCUT2D eigenvalue weighted by Gasteiger charge is -2.47. The molecule has 0 unspecified atom stereocenters. The van der Waals surface area contributed by atoms with E-state index in [0.29, 0.717) is 6.42 Å². The molecule has 2 saturated heterocycles. The van der Waals surface area contributed by atoms with E-state index in [4.69, 9.17) is 4.74 Å². The minimum absolute atomic E-state index is 0.0489. The van der Waals surface area contributed by atoms with Gasteiger partial charge in [0, 0.05) is 45.0 Å². The Balaban J connectivity index is 1.54. The first-order valence-electron chi connectivity index (χ1n) is 10.5. The third-order valence-corrected chi connectivity index (χ3v) is 6.10. The van der Waals surface area contributed by atoms with Gasteiger partial charge in [-0.2, -0.15) is 0 Å². The highest BCUT2D eigenvalue weighted by Gasteiger charge is 2.42. The highest BCUT2D eigenvalue weighted by atomic mass is 16.5. The molecule has 3 heterocycles. The van der Waals surface area contributed by atoms with Crippen molar-refractivity contribution in [3.05, 3.63) is 30.1 Å². The number of nitrogens with zero attached hydrogens (tertiary/aromatic N) is 3. The average Bonchev–Trinajstić information content (AvgIpc) is 2.69. The normalized spacial score (nSPS) is 20.6. The van der Waals surface area contributed by atoms with Gasteiger partial charge in [-0.25, -0.2) is 0 Å². The molecule has 1 atom stereocenters. The van der Waals surface area contributed by atoms with Crippen LogP contribution in [0.1, 0.15) is 52.0 Å². The maximum absolute atomic E-state index is 12.6. The van der Waals surface area contributed by atoms with Gasteiger partial charge in [-0.3, -0.25) is 14.6 Å². The van der Waals surface area contributed by atoms with E-state index in [1.54, 1.807) is 6.20 Å². The van der Waals surface area contributed by atoms with Gasteiger partial charge in [0.1, 0.15) is 6.10 Å². The molecule has 1 spiro atoms. The van der Waals surface area contributed by atoms with Crippen LogP contribution in [0.4, 0.5) is 0 Å². The van der Waals surface area contributed by atoms with Gasteiger partial charge in [0.05, 0.1) is 6.10 Å². The number of hydrogen-bond acceptors (Lipinski definition) is 4. The quantitative estimate of drug-likeness (QED) is 0.753. The second-order valence-electron chi connectivity index (χ2n) is 8.58. The first-order valence-corrected chi connectivity index (χ1v) is 10.5. The summed E-state index contributed by atoms with van der Waals surface area (Å²) in [6.07, 6.45) is 7.62. The fourth-order valence-corrected chi connectivity index (χ4v) is 4.45. The monoisotopic (exact) mass is 387 g/mol. The number of piperidine rings is 2. The maximum Gasteiger partial charge on any atom is 0.251 e. The van der Waals surface area contributed by atoms with E-state index in [9.17, 15) is 9.59 Å². The highest BCUT2D eigenvalue weighted by Crippen LogP contribution is 2.40. The molecule has 2 aliphatic heterocycles. The minimum atomic E-state index is -0.391. The first kappa shape index (κ1) is 20.8. The zero-order chi connectivity index (χ0) is 20.1. The van der Waals surface area contributed by atoms with E-state index < -0.39 is 6.10 Å². The van der Waals surface area contributed by atoms with Crippen molar-refractivity contribution in [3.63, 3.8) is 0 Å². The average molecular weight is 388 g/mol. The summed E-state index contributed by atoms with van der Waals surface area (Å²) >= 11 is 0. The molecule has 6 heteroatoms. The van der Waals surface area contributed by atoms with Gasteiger partial charge < -0.3 is 14.5 Å². The van der Waals surface area contributed by atoms with E-state index in [0.717, 1.165) is 57.4 Å². The van der Waals surface area contributed by atoms with Crippen molar-refractivity contribution >= 4 is 11.8 Å². The predicted octanol–water partition coefficient (Wildman–Crippen LogP) is 2.67. The molecular weight excluding hydrogens is 354 g/mol. The summed E-state index contributed by atoms with van der Waals surface area (Å²) in [6.45, 7) is 8.82. The maximum atomic E-state index is 12.6. The topological polar surface area (TPSA) is 62.7 Å². The molecule has 2 amide bonds. The van der Waals surface area contributed by atoms with Gasteiger partial charge in [0.2, 0.25) is 5.91 Å². The molecule has 0 saturated carbocycles. The SMILES string of the molecule is CC(C)O[C@@H](C)C(=O)N1CCC2(CCC(=O)N(CCc3cccnc3)C2)CC1. The van der Waals surface area contributed by atoms with Crippen molar-refractivity contribution in [2.24, 2.45) is 5.41 Å². The molecule has 0 radical (unpaired) electrons. The second kappa shape index (κ2) is 9.03. The van der Waals surface area contributed by atoms with Gasteiger partial charge in [-0.05, 0) is 63.5 Å². The summed E-state index contributed by atoms with van der Waals surface area (Å²) in [6, 6.07) is 3.99. The lowest BCUT2D eigenvalue weighted by Crippen LogP contribution is -2.53. The van der Waals surface area contributed by atoms with Crippen LogP contribution < -0.4 is 0 Å². The Morgan fingerprint density at radius 1 is 1.25 bits per heavy atom. The number of aromatic nitrogens is 1. The molecule has 28 heavy (non-hydrogen) atoms. The largest absolute Gasteiger partial charge is 0.366 e. The molecule has 1 aromatic rings. The summed E-state index contributed by atoms with van der Waals surface area (Å²) < 4.78 is 5.66. The van der Waals surface area contributed by atoms with E-state index >= 15 is 0 Å². The minimum Gasteiger partial charge on any atom is -0.366 e. The molecule has 2 aliphatic rings. The number of pyridine rings is 1. The van der Waals surface area contributed by atoms with Crippen molar-refractivity contribution < 1.29 is 14.3 Å². The van der Waals surface area contributed by atoms with Crippen LogP contribution in [0, 0.1) is 5.41 Å². The zero-order valence-corrected chi connectivity index (χ0v) is 17.4. The number of amides is 2. The summed E-state index contributed by atoms with van der Waals surface area (Å²) in [5, 5.41) is 0. The fraction of sp³-hybridized carbons (Fsp3) is 0.682. The fourth-order valence-electron chi connectivity index (χ4n) is 4.45. The Morgan fingerprint density at radius 3 is 2.64 bits per heavy atom. The third-order valence-electron chi connectivity index (χ3n) is 6.10. The standard InChI is InChI=1S/C22H33N3O3/c1-17(2)28-18(3)21(27)24-13-9-22(10-14-24)8-6-20(26)25(16-22)12-7-19-5-4-11-23-15-19/h4-5,11,15,17-18H,6-10,12-14,16H2,1-3H3/t18-/m0/s1. The Bertz CT molecular complexity index is 669. The van der Waals surface area contributed by atoms with E-state index in [1.807, 2.05) is 42.8 Å². The number of carbonyl (C=O) groups is 2. The number of rotatable bonds is 6. The molecule has 6 nitrogen and oxygen atoms in total. The molecule has 1 aromatic heterocycles. The first-order chi connectivity index (χ1) is 13.4. The van der Waals surface area contributed by atoms with Crippen molar-refractivity contribution in [3.8, 4) is 0 Å². The molecule has 0 bridgehead atoms. The van der Waals surface area contributed by atoms with Crippen molar-refractivity contribution in [1.82, 2.24) is 14.8 Å². The van der Waals surface area contributed by atoms with Crippen molar-refractivity contribution in [2.75, 3.05) is 26.2 Å². The predicted molar refractivity (Wildman–Crippen MR) is 108 cm³/mol. The molecule has 3 rings (SSSR count). The van der Waals surface area contributed by atoms with Gasteiger partial charge in [0.15, 0.2) is 0 Å². The summed E-state index contributed by atoms with van der Waals surface area (Å²) in [5.74, 6) is 0.343. The number of hydrogen-bond donors (Lipinski definition) is 0. The van der Waals surface area contributed by atoms with E-state index in [-0.39, 0.29) is 23.3 Å². The number of carbonyl (C=O) groups excluding carboxylic acids is 2. The molecule has 2 fully saturated rings. The molecule has 0 aromatic carbocycles. The lowest BCUT2D eigenvalue weighted by molar-refractivity contribution is -0.150. The molecule has 0 N–H and O–H groups in total. The lowest BCUT2D eigenvalue weighted by atomic mass is 9.72. The van der Waals surface area contributed by atoms with Crippen LogP contribution in [-0.4, -0.2) is 65.0 Å². The Hall–Kier alpha value is -1.95. The molecule has 0 aliphatic carbocycles. The Morgan fingerprint density at radius 2 is 2.00 bits per heavy atom. The van der Waals surface area contributed by atoms with E-state index in [2.05, 4.69) is 11.1 Å². The van der Waals surface area contributed by atoms with Gasteiger partial charge in [0.25, 0.3) is 5.91 Å². The van der Waals surface area contributed by atoms with Gasteiger partial charge in [-0.1, -0.05) is 6.07 Å². The van der Waals surface area contributed by atoms with Gasteiger partial charge >= 0.3 is 0 Å². The van der Waals surface area contributed by atoms with E-state index in [1.165, 1.54) is 0 Å². The van der Waals surface area contributed by atoms with Crippen LogP contribution in [0.5, 0.6) is 0 Å². The number of ether oxygens (including phenoxy) is 1. The number of likely N-dealkylation sites (tertiary alicyclic amines) is 2. The highest BCUT2D eigenvalue weighted by molar-refractivity contribution is 5.80. The molecular formula is C22H33N3O3. The van der Waals surface area contributed by atoms with Crippen molar-refractivity contribution in [1.29, 1.82) is 0 Å². The van der Waals surface area contributed by atoms with Crippen LogP contribution in [-0.2, 0) is 20.7 Å². The third kappa shape index (κ3) is 5.10. The molecule has 154 valence electrons. The second-order valence-corrected chi connectivity index (χ2v) is 8.58. The Labute approximate surface area is 168 Å². The van der Waals surface area contributed by atoms with Crippen LogP contribution >= 0.6 is 0 Å². The van der Waals surface area contributed by atoms with Crippen LogP contribution in [0.2, 0.25) is 0 Å². The van der Waals surface area contributed by atoms with Crippen LogP contribution in [0.15, 0.2) is 24.5 Å². The summed E-state index contributed by atoms with van der Waals surface area (Å²) in [4.78, 5) is 33.2. The van der Waals surface area contributed by atoms with Crippen molar-refractivity contribution in [2.45, 2.75) is 65.1 Å². The van der Waals surface area contributed by atoms with Crippen LogP contribution in [0.25, 0.3) is 0 Å². The Kier molecular flexibility index (Phi) is 6.70. The summed E-state index contributed by atoms with van der Waals surface area (Å²) in [5.41, 5.74) is 1.32. The zero-order valence-electron chi connectivity index (χ0n) is 17.4.